The number of nitrogens with zero attached hydrogens (tertiary/aromatic N) is 1. The van der Waals surface area contributed by atoms with Crippen LogP contribution in [0.2, 0.25) is 0 Å². The molecule has 0 bridgehead atoms. The number of hydrogen-bond acceptors (Lipinski definition) is 4. The molecule has 0 atom stereocenters. The van der Waals surface area contributed by atoms with Crippen LogP contribution in [0.4, 0.5) is 0 Å². The highest BCUT2D eigenvalue weighted by atomic mass is 16.5. The summed E-state index contributed by atoms with van der Waals surface area (Å²) < 4.78 is 11.1. The Morgan fingerprint density at radius 1 is 1.25 bits per heavy atom. The van der Waals surface area contributed by atoms with Crippen LogP contribution in [0.15, 0.2) is 4.99 Å². The number of hydrogen-bond donors (Lipinski definition) is 3. The highest BCUT2D eigenvalue weighted by molar-refractivity contribution is 5.86. The molecule has 1 aliphatic rings. The zero-order chi connectivity index (χ0) is 17.8. The smallest absolute Gasteiger partial charge is 0.239 e. The fourth-order valence-corrected chi connectivity index (χ4v) is 2.39. The normalized spacial score (nSPS) is 16.8. The van der Waals surface area contributed by atoms with Gasteiger partial charge in [0, 0.05) is 45.6 Å². The minimum atomic E-state index is -0.225. The van der Waals surface area contributed by atoms with E-state index >= 15 is 0 Å². The number of aliphatic imine (C=N–C) groups is 1. The van der Waals surface area contributed by atoms with Gasteiger partial charge in [-0.05, 0) is 46.0 Å². The van der Waals surface area contributed by atoms with E-state index in [2.05, 4.69) is 20.9 Å². The first-order valence-electron chi connectivity index (χ1n) is 8.82. The Morgan fingerprint density at radius 2 is 1.96 bits per heavy atom. The Bertz CT molecular complexity index is 388. The highest BCUT2D eigenvalue weighted by Gasteiger charge is 2.14. The Balaban J connectivity index is 2.04. The molecule has 0 spiro atoms. The lowest BCUT2D eigenvalue weighted by Gasteiger charge is -2.22. The molecule has 7 nitrogen and oxygen atoms in total. The summed E-state index contributed by atoms with van der Waals surface area (Å²) in [6, 6.07) is 0. The zero-order valence-corrected chi connectivity index (χ0v) is 15.6. The van der Waals surface area contributed by atoms with E-state index in [0.717, 1.165) is 52.2 Å². The van der Waals surface area contributed by atoms with Gasteiger partial charge in [0.15, 0.2) is 5.96 Å². The van der Waals surface area contributed by atoms with Crippen LogP contribution in [-0.4, -0.2) is 64.0 Å². The third-order valence-corrected chi connectivity index (χ3v) is 3.61. The molecule has 1 amide bonds. The molecule has 0 aliphatic carbocycles. The summed E-state index contributed by atoms with van der Waals surface area (Å²) >= 11 is 0. The number of carbonyl (C=O) groups is 1. The first kappa shape index (κ1) is 20.7. The summed E-state index contributed by atoms with van der Waals surface area (Å²) in [4.78, 5) is 15.9. The van der Waals surface area contributed by atoms with Gasteiger partial charge in [-0.3, -0.25) is 9.79 Å². The maximum Gasteiger partial charge on any atom is 0.239 e. The first-order valence-corrected chi connectivity index (χ1v) is 8.82. The fourth-order valence-electron chi connectivity index (χ4n) is 2.39. The molecule has 1 saturated heterocycles. The molecule has 1 rings (SSSR count). The van der Waals surface area contributed by atoms with E-state index in [1.165, 1.54) is 0 Å². The van der Waals surface area contributed by atoms with Crippen molar-refractivity contribution in [3.05, 3.63) is 0 Å². The lowest BCUT2D eigenvalue weighted by atomic mass is 10.0. The van der Waals surface area contributed by atoms with Gasteiger partial charge in [0.05, 0.1) is 6.54 Å². The van der Waals surface area contributed by atoms with Gasteiger partial charge < -0.3 is 25.4 Å². The van der Waals surface area contributed by atoms with Gasteiger partial charge in [-0.1, -0.05) is 0 Å². The number of rotatable bonds is 8. The summed E-state index contributed by atoms with van der Waals surface area (Å²) in [6.45, 7) is 10.1. The monoisotopic (exact) mass is 342 g/mol. The maximum atomic E-state index is 11.8. The van der Waals surface area contributed by atoms with Crippen LogP contribution in [0.25, 0.3) is 0 Å². The molecule has 7 heteroatoms. The lowest BCUT2D eigenvalue weighted by Crippen LogP contribution is -2.48. The Morgan fingerprint density at radius 3 is 2.58 bits per heavy atom. The molecular weight excluding hydrogens is 308 g/mol. The number of ether oxygens (including phenoxy) is 2. The molecule has 1 aliphatic heterocycles. The van der Waals surface area contributed by atoms with Crippen LogP contribution in [0.5, 0.6) is 0 Å². The minimum absolute atomic E-state index is 0.0507. The van der Waals surface area contributed by atoms with Crippen molar-refractivity contribution in [3.63, 3.8) is 0 Å². The van der Waals surface area contributed by atoms with Crippen LogP contribution in [0.1, 0.15) is 40.0 Å². The van der Waals surface area contributed by atoms with Crippen molar-refractivity contribution in [1.82, 2.24) is 16.0 Å². The summed E-state index contributed by atoms with van der Waals surface area (Å²) in [7, 11) is 1.69. The van der Waals surface area contributed by atoms with Crippen molar-refractivity contribution in [1.29, 1.82) is 0 Å². The Kier molecular flexibility index (Phi) is 9.71. The third kappa shape index (κ3) is 10.4. The number of nitrogens with one attached hydrogen (secondary N) is 3. The molecule has 24 heavy (non-hydrogen) atoms. The van der Waals surface area contributed by atoms with Crippen molar-refractivity contribution in [2.24, 2.45) is 10.9 Å². The number of guanidine groups is 1. The molecule has 3 N–H and O–H groups in total. The second-order valence-corrected chi connectivity index (χ2v) is 7.13. The molecule has 0 aromatic rings. The van der Waals surface area contributed by atoms with Crippen molar-refractivity contribution >= 4 is 11.9 Å². The zero-order valence-electron chi connectivity index (χ0n) is 15.6. The van der Waals surface area contributed by atoms with E-state index in [1.807, 2.05) is 20.8 Å². The van der Waals surface area contributed by atoms with Crippen LogP contribution < -0.4 is 16.0 Å². The van der Waals surface area contributed by atoms with Gasteiger partial charge in [0.25, 0.3) is 0 Å². The van der Waals surface area contributed by atoms with Crippen molar-refractivity contribution in [2.45, 2.75) is 45.6 Å². The summed E-state index contributed by atoms with van der Waals surface area (Å²) in [5.74, 6) is 1.22. The summed E-state index contributed by atoms with van der Waals surface area (Å²) in [5, 5.41) is 9.09. The first-order chi connectivity index (χ1) is 11.4. The third-order valence-electron chi connectivity index (χ3n) is 3.61. The molecule has 0 saturated carbocycles. The van der Waals surface area contributed by atoms with Gasteiger partial charge in [-0.25, -0.2) is 0 Å². The molecule has 0 aromatic heterocycles. The average Bonchev–Trinajstić information content (AvgIpc) is 2.52. The average molecular weight is 342 g/mol. The van der Waals surface area contributed by atoms with Gasteiger partial charge in [0.2, 0.25) is 5.91 Å². The predicted molar refractivity (Wildman–Crippen MR) is 96.2 cm³/mol. The van der Waals surface area contributed by atoms with Crippen molar-refractivity contribution in [2.75, 3.05) is 46.6 Å². The van der Waals surface area contributed by atoms with E-state index in [9.17, 15) is 4.79 Å². The summed E-state index contributed by atoms with van der Waals surface area (Å²) in [5.41, 5.74) is -0.225. The van der Waals surface area contributed by atoms with E-state index < -0.39 is 0 Å². The molecule has 0 aromatic carbocycles. The van der Waals surface area contributed by atoms with E-state index in [1.54, 1.807) is 7.05 Å². The van der Waals surface area contributed by atoms with Crippen LogP contribution in [0, 0.1) is 5.92 Å². The Labute approximate surface area is 146 Å². The second-order valence-electron chi connectivity index (χ2n) is 7.13. The molecule has 140 valence electrons. The van der Waals surface area contributed by atoms with Gasteiger partial charge in [-0.15, -0.1) is 0 Å². The van der Waals surface area contributed by atoms with Crippen LogP contribution in [-0.2, 0) is 14.3 Å². The molecule has 0 radical (unpaired) electrons. The van der Waals surface area contributed by atoms with Gasteiger partial charge in [-0.2, -0.15) is 0 Å². The summed E-state index contributed by atoms with van der Waals surface area (Å²) in [6.07, 6.45) is 3.11. The van der Waals surface area contributed by atoms with Gasteiger partial charge >= 0.3 is 0 Å². The van der Waals surface area contributed by atoms with Crippen molar-refractivity contribution in [3.8, 4) is 0 Å². The topological polar surface area (TPSA) is 84.0 Å². The number of carbonyl (C=O) groups excluding carboxylic acids is 1. The Hall–Kier alpha value is -1.34. The second kappa shape index (κ2) is 11.3. The van der Waals surface area contributed by atoms with E-state index in [-0.39, 0.29) is 18.0 Å². The standard InChI is InChI=1S/C17H34N4O3/c1-17(2,3)21-15(22)12-20-16(18-4)19-8-5-9-24-13-14-6-10-23-11-7-14/h14H,5-13H2,1-4H3,(H,21,22)(H2,18,19,20). The quantitative estimate of drug-likeness (QED) is 0.347. The molecule has 1 heterocycles. The maximum absolute atomic E-state index is 11.8. The fraction of sp³-hybridized carbons (Fsp3) is 0.882. The largest absolute Gasteiger partial charge is 0.381 e. The lowest BCUT2D eigenvalue weighted by molar-refractivity contribution is -0.121. The van der Waals surface area contributed by atoms with Crippen LogP contribution in [0.3, 0.4) is 0 Å². The number of amides is 1. The van der Waals surface area contributed by atoms with E-state index in [0.29, 0.717) is 11.9 Å². The SMILES string of the molecule is CN=C(NCCCOCC1CCOCC1)NCC(=O)NC(C)(C)C. The van der Waals surface area contributed by atoms with E-state index in [4.69, 9.17) is 9.47 Å². The molecule has 0 unspecified atom stereocenters. The molecule has 1 fully saturated rings. The van der Waals surface area contributed by atoms with Crippen molar-refractivity contribution < 1.29 is 14.3 Å². The highest BCUT2D eigenvalue weighted by Crippen LogP contribution is 2.14. The molecular formula is C17H34N4O3. The predicted octanol–water partition coefficient (Wildman–Crippen LogP) is 0.899. The minimum Gasteiger partial charge on any atom is -0.381 e. The van der Waals surface area contributed by atoms with Gasteiger partial charge in [0.1, 0.15) is 0 Å². The van der Waals surface area contributed by atoms with Crippen LogP contribution >= 0.6 is 0 Å².